The van der Waals surface area contributed by atoms with Crippen molar-refractivity contribution in [2.45, 2.75) is 53.1 Å². The van der Waals surface area contributed by atoms with Gasteiger partial charge in [-0.3, -0.25) is 4.79 Å². The van der Waals surface area contributed by atoms with Crippen molar-refractivity contribution in [3.05, 3.63) is 28.8 Å². The number of hydrogen-bond donors (Lipinski definition) is 1. The highest BCUT2D eigenvalue weighted by Crippen LogP contribution is 2.28. The van der Waals surface area contributed by atoms with Crippen molar-refractivity contribution in [2.24, 2.45) is 0 Å². The largest absolute Gasteiger partial charge is 0.488 e. The van der Waals surface area contributed by atoms with E-state index in [1.807, 2.05) is 33.8 Å². The van der Waals surface area contributed by atoms with Gasteiger partial charge in [-0.25, -0.2) is 0 Å². The van der Waals surface area contributed by atoms with E-state index in [0.717, 1.165) is 11.3 Å². The third-order valence-electron chi connectivity index (χ3n) is 3.12. The summed E-state index contributed by atoms with van der Waals surface area (Å²) in [7, 11) is 0. The maximum Gasteiger partial charge on any atom is 0.303 e. The van der Waals surface area contributed by atoms with E-state index in [1.54, 1.807) is 0 Å². The van der Waals surface area contributed by atoms with Crippen LogP contribution in [0.1, 0.15) is 43.4 Å². The Labute approximate surface area is 109 Å². The summed E-state index contributed by atoms with van der Waals surface area (Å²) >= 11 is 0. The molecule has 0 spiro atoms. The van der Waals surface area contributed by atoms with Crippen LogP contribution in [-0.4, -0.2) is 16.7 Å². The molecule has 0 aliphatic heterocycles. The number of aryl methyl sites for hydroxylation is 3. The van der Waals surface area contributed by atoms with Gasteiger partial charge in [0, 0.05) is 6.42 Å². The zero-order valence-corrected chi connectivity index (χ0v) is 11.8. The predicted molar refractivity (Wildman–Crippen MR) is 72.2 cm³/mol. The number of ether oxygens (including phenoxy) is 1. The summed E-state index contributed by atoms with van der Waals surface area (Å²) in [5, 5.41) is 8.72. The number of rotatable bonds is 5. The van der Waals surface area contributed by atoms with Crippen LogP contribution in [0.3, 0.4) is 0 Å². The Morgan fingerprint density at radius 1 is 1.17 bits per heavy atom. The van der Waals surface area contributed by atoms with Crippen LogP contribution in [0.4, 0.5) is 0 Å². The summed E-state index contributed by atoms with van der Waals surface area (Å²) in [6, 6.07) is 4.12. The fourth-order valence-electron chi connectivity index (χ4n) is 1.80. The minimum Gasteiger partial charge on any atom is -0.488 e. The van der Waals surface area contributed by atoms with E-state index in [9.17, 15) is 4.79 Å². The minimum absolute atomic E-state index is 0.122. The molecule has 1 aromatic rings. The lowest BCUT2D eigenvalue weighted by Crippen LogP contribution is -2.29. The van der Waals surface area contributed by atoms with Gasteiger partial charge in [0.2, 0.25) is 0 Å². The fraction of sp³-hybridized carbons (Fsp3) is 0.533. The molecule has 0 fully saturated rings. The average molecular weight is 250 g/mol. The zero-order valence-electron chi connectivity index (χ0n) is 11.8. The third kappa shape index (κ3) is 4.06. The topological polar surface area (TPSA) is 46.5 Å². The molecule has 3 nitrogen and oxygen atoms in total. The van der Waals surface area contributed by atoms with E-state index in [4.69, 9.17) is 9.84 Å². The summed E-state index contributed by atoms with van der Waals surface area (Å²) in [4.78, 5) is 10.6. The Morgan fingerprint density at radius 3 is 2.28 bits per heavy atom. The molecule has 0 amide bonds. The molecular weight excluding hydrogens is 228 g/mol. The number of aliphatic carboxylic acids is 1. The monoisotopic (exact) mass is 250 g/mol. The molecule has 1 N–H and O–H groups in total. The van der Waals surface area contributed by atoms with E-state index in [0.29, 0.717) is 6.42 Å². The van der Waals surface area contributed by atoms with Crippen LogP contribution in [0.2, 0.25) is 0 Å². The molecule has 100 valence electrons. The lowest BCUT2D eigenvalue weighted by atomic mass is 10.0. The highest BCUT2D eigenvalue weighted by Gasteiger charge is 2.22. The van der Waals surface area contributed by atoms with Crippen LogP contribution in [0.5, 0.6) is 5.75 Å². The van der Waals surface area contributed by atoms with Crippen molar-refractivity contribution < 1.29 is 14.6 Å². The maximum absolute atomic E-state index is 10.6. The first kappa shape index (κ1) is 14.6. The average Bonchev–Trinajstić information content (AvgIpc) is 2.23. The van der Waals surface area contributed by atoms with E-state index in [-0.39, 0.29) is 6.42 Å². The summed E-state index contributed by atoms with van der Waals surface area (Å²) in [5.41, 5.74) is 3.04. The number of carbonyl (C=O) groups is 1. The smallest absolute Gasteiger partial charge is 0.303 e. The molecule has 3 heteroatoms. The second-order valence-corrected chi connectivity index (χ2v) is 5.46. The van der Waals surface area contributed by atoms with E-state index < -0.39 is 11.6 Å². The van der Waals surface area contributed by atoms with Gasteiger partial charge < -0.3 is 9.84 Å². The standard InChI is InChI=1S/C15H22O3/c1-10-8-12(3)13(9-11(10)2)18-15(4,5)7-6-14(16)17/h8-9H,6-7H2,1-5H3,(H,16,17). The first-order valence-electron chi connectivity index (χ1n) is 6.20. The first-order chi connectivity index (χ1) is 8.21. The molecule has 0 aromatic heterocycles. The fourth-order valence-corrected chi connectivity index (χ4v) is 1.80. The highest BCUT2D eigenvalue weighted by molar-refractivity contribution is 5.66. The SMILES string of the molecule is Cc1cc(C)c(OC(C)(C)CCC(=O)O)cc1C. The summed E-state index contributed by atoms with van der Waals surface area (Å²) in [6.45, 7) is 9.97. The summed E-state index contributed by atoms with van der Waals surface area (Å²) in [5.74, 6) is 0.0528. The van der Waals surface area contributed by atoms with Crippen LogP contribution in [0.15, 0.2) is 12.1 Å². The van der Waals surface area contributed by atoms with Gasteiger partial charge in [-0.1, -0.05) is 6.07 Å². The number of carboxylic acid groups (broad SMARTS) is 1. The van der Waals surface area contributed by atoms with Crippen LogP contribution in [0.25, 0.3) is 0 Å². The maximum atomic E-state index is 10.6. The molecule has 0 aliphatic carbocycles. The van der Waals surface area contributed by atoms with Gasteiger partial charge in [0.1, 0.15) is 11.4 Å². The zero-order chi connectivity index (χ0) is 13.9. The minimum atomic E-state index is -0.788. The predicted octanol–water partition coefficient (Wildman–Crippen LogP) is 3.63. The molecule has 0 aliphatic rings. The van der Waals surface area contributed by atoms with Crippen LogP contribution in [-0.2, 0) is 4.79 Å². The lowest BCUT2D eigenvalue weighted by Gasteiger charge is -2.27. The molecular formula is C15H22O3. The Kier molecular flexibility index (Phi) is 4.38. The first-order valence-corrected chi connectivity index (χ1v) is 6.20. The summed E-state index contributed by atoms with van der Waals surface area (Å²) < 4.78 is 5.96. The Hall–Kier alpha value is -1.51. The molecule has 0 atom stereocenters. The number of hydrogen-bond acceptors (Lipinski definition) is 2. The number of carboxylic acids is 1. The van der Waals surface area contributed by atoms with E-state index in [2.05, 4.69) is 13.0 Å². The van der Waals surface area contributed by atoms with Crippen molar-refractivity contribution in [1.82, 2.24) is 0 Å². The molecule has 0 unspecified atom stereocenters. The van der Waals surface area contributed by atoms with Crippen LogP contribution < -0.4 is 4.74 Å². The second-order valence-electron chi connectivity index (χ2n) is 5.46. The van der Waals surface area contributed by atoms with Crippen LogP contribution >= 0.6 is 0 Å². The third-order valence-corrected chi connectivity index (χ3v) is 3.12. The molecule has 0 heterocycles. The van der Waals surface area contributed by atoms with Gasteiger partial charge >= 0.3 is 5.97 Å². The molecule has 0 radical (unpaired) electrons. The normalized spacial score (nSPS) is 11.4. The van der Waals surface area contributed by atoms with Gasteiger partial charge in [0.15, 0.2) is 0 Å². The van der Waals surface area contributed by atoms with Gasteiger partial charge in [-0.2, -0.15) is 0 Å². The highest BCUT2D eigenvalue weighted by atomic mass is 16.5. The molecule has 18 heavy (non-hydrogen) atoms. The van der Waals surface area contributed by atoms with E-state index in [1.165, 1.54) is 11.1 Å². The molecule has 1 aromatic carbocycles. The van der Waals surface area contributed by atoms with E-state index >= 15 is 0 Å². The van der Waals surface area contributed by atoms with Crippen molar-refractivity contribution >= 4 is 5.97 Å². The van der Waals surface area contributed by atoms with Crippen molar-refractivity contribution in [1.29, 1.82) is 0 Å². The van der Waals surface area contributed by atoms with Crippen molar-refractivity contribution in [3.8, 4) is 5.75 Å². The van der Waals surface area contributed by atoms with Gasteiger partial charge in [0.25, 0.3) is 0 Å². The Morgan fingerprint density at radius 2 is 1.72 bits per heavy atom. The molecule has 1 rings (SSSR count). The van der Waals surface area contributed by atoms with Gasteiger partial charge in [-0.05, 0) is 63.8 Å². The van der Waals surface area contributed by atoms with Crippen LogP contribution in [0, 0.1) is 20.8 Å². The number of benzene rings is 1. The Balaban J connectivity index is 2.83. The Bertz CT molecular complexity index is 447. The quantitative estimate of drug-likeness (QED) is 0.868. The van der Waals surface area contributed by atoms with Gasteiger partial charge in [-0.15, -0.1) is 0 Å². The second kappa shape index (κ2) is 5.42. The lowest BCUT2D eigenvalue weighted by molar-refractivity contribution is -0.138. The summed E-state index contributed by atoms with van der Waals surface area (Å²) in [6.07, 6.45) is 0.617. The molecule has 0 saturated carbocycles. The van der Waals surface area contributed by atoms with Crippen molar-refractivity contribution in [2.75, 3.05) is 0 Å². The van der Waals surface area contributed by atoms with Gasteiger partial charge in [0.05, 0.1) is 0 Å². The molecule has 0 saturated heterocycles. The van der Waals surface area contributed by atoms with Crippen molar-refractivity contribution in [3.63, 3.8) is 0 Å². The molecule has 0 bridgehead atoms.